The topological polar surface area (TPSA) is 150 Å². The van der Waals surface area contributed by atoms with Crippen molar-refractivity contribution < 1.29 is 37.3 Å². The molecule has 0 radical (unpaired) electrons. The van der Waals surface area contributed by atoms with E-state index in [9.17, 15) is 27.9 Å². The standard InChI is InChI=1S/C30H37FN6O2.C2HF3O2/c1-30(38)10-12-36(13-11-30)24-8-9-26(28(16-24)39-2)37-27(21-6-7-22(18-32)25(31)15-21)17-29(35-37)34-19-20-4-3-5-23(33)14-20;3-2(4,5)1(6)7/h6-9,15-17,20,23,38H,3-5,10-14,19,33H2,1-2H3,(H,34,35);(H,6,7)/t20-,23-;/m0./s1. The Bertz CT molecular complexity index is 1560. The third-order valence-electron chi connectivity index (χ3n) is 8.33. The summed E-state index contributed by atoms with van der Waals surface area (Å²) in [7, 11) is 1.62. The Morgan fingerprint density at radius 1 is 1.20 bits per heavy atom. The summed E-state index contributed by atoms with van der Waals surface area (Å²) >= 11 is 0. The first-order valence-corrected chi connectivity index (χ1v) is 15.0. The third-order valence-corrected chi connectivity index (χ3v) is 8.33. The van der Waals surface area contributed by atoms with Gasteiger partial charge in [-0.05, 0) is 69.2 Å². The number of carboxylic acids is 1. The van der Waals surface area contributed by atoms with Crippen molar-refractivity contribution in [2.24, 2.45) is 11.7 Å². The van der Waals surface area contributed by atoms with Crippen molar-refractivity contribution >= 4 is 17.5 Å². The fourth-order valence-electron chi connectivity index (χ4n) is 5.67. The number of hydrogen-bond acceptors (Lipinski definition) is 8. The Labute approximate surface area is 264 Å². The van der Waals surface area contributed by atoms with Gasteiger partial charge in [-0.25, -0.2) is 13.9 Å². The summed E-state index contributed by atoms with van der Waals surface area (Å²) in [5.74, 6) is -1.54. The van der Waals surface area contributed by atoms with Gasteiger partial charge in [0.1, 0.15) is 29.1 Å². The number of nitrogens with zero attached hydrogens (tertiary/aromatic N) is 4. The van der Waals surface area contributed by atoms with Crippen molar-refractivity contribution in [3.8, 4) is 28.8 Å². The Morgan fingerprint density at radius 2 is 1.89 bits per heavy atom. The molecule has 0 bridgehead atoms. The lowest BCUT2D eigenvalue weighted by Crippen LogP contribution is -2.42. The lowest BCUT2D eigenvalue weighted by Gasteiger charge is -2.37. The highest BCUT2D eigenvalue weighted by molar-refractivity contribution is 5.73. The molecule has 2 atom stereocenters. The van der Waals surface area contributed by atoms with Crippen LogP contribution in [-0.4, -0.2) is 70.5 Å². The number of carbonyl (C=O) groups is 1. The van der Waals surface area contributed by atoms with Gasteiger partial charge in [-0.3, -0.25) is 0 Å². The van der Waals surface area contributed by atoms with E-state index in [1.54, 1.807) is 17.9 Å². The molecule has 0 spiro atoms. The van der Waals surface area contributed by atoms with Gasteiger partial charge in [-0.1, -0.05) is 12.5 Å². The number of rotatable bonds is 7. The number of nitrogens with one attached hydrogen (secondary N) is 1. The van der Waals surface area contributed by atoms with Crippen LogP contribution in [0.15, 0.2) is 42.5 Å². The first-order chi connectivity index (χ1) is 21.7. The number of benzene rings is 2. The van der Waals surface area contributed by atoms with Crippen molar-refractivity contribution in [2.75, 3.05) is 37.0 Å². The van der Waals surface area contributed by atoms with Gasteiger partial charge < -0.3 is 30.9 Å². The SMILES string of the molecule is COc1cc(N2CCC(C)(O)CC2)ccc1-n1nc(NC[C@H]2CCC[C@H](N)C2)cc1-c1ccc(C#N)c(F)c1.O=C(O)C(F)(F)F. The minimum atomic E-state index is -5.08. The molecule has 1 aliphatic heterocycles. The molecule has 10 nitrogen and oxygen atoms in total. The van der Waals surface area contributed by atoms with Crippen molar-refractivity contribution in [1.29, 1.82) is 5.26 Å². The maximum absolute atomic E-state index is 14.6. The Kier molecular flexibility index (Phi) is 10.8. The van der Waals surface area contributed by atoms with Crippen LogP contribution in [-0.2, 0) is 4.79 Å². The quantitative estimate of drug-likeness (QED) is 0.245. The van der Waals surface area contributed by atoms with Gasteiger partial charge in [0, 0.05) is 49.1 Å². The molecule has 14 heteroatoms. The molecule has 2 fully saturated rings. The predicted molar refractivity (Wildman–Crippen MR) is 164 cm³/mol. The van der Waals surface area contributed by atoms with E-state index < -0.39 is 23.6 Å². The van der Waals surface area contributed by atoms with Gasteiger partial charge in [0.05, 0.1) is 24.0 Å². The number of piperidine rings is 1. The molecular formula is C32H38F4N6O4. The average Bonchev–Trinajstić information content (AvgIpc) is 3.43. The van der Waals surface area contributed by atoms with Gasteiger partial charge in [0.25, 0.3) is 0 Å². The lowest BCUT2D eigenvalue weighted by molar-refractivity contribution is -0.192. The van der Waals surface area contributed by atoms with Crippen LogP contribution in [0.1, 0.15) is 51.0 Å². The number of nitriles is 1. The molecule has 46 heavy (non-hydrogen) atoms. The number of hydrogen-bond donors (Lipinski definition) is 4. The van der Waals surface area contributed by atoms with Crippen LogP contribution in [0.25, 0.3) is 16.9 Å². The minimum Gasteiger partial charge on any atom is -0.494 e. The molecule has 2 heterocycles. The molecule has 3 aromatic rings. The maximum Gasteiger partial charge on any atom is 0.490 e. The number of alkyl halides is 3. The maximum atomic E-state index is 14.6. The van der Waals surface area contributed by atoms with E-state index in [1.807, 2.05) is 37.3 Å². The zero-order valence-electron chi connectivity index (χ0n) is 25.6. The number of carboxylic acid groups (broad SMARTS) is 1. The van der Waals surface area contributed by atoms with E-state index in [1.165, 1.54) is 12.1 Å². The van der Waals surface area contributed by atoms with E-state index in [4.69, 9.17) is 25.5 Å². The second-order valence-corrected chi connectivity index (χ2v) is 11.9. The van der Waals surface area contributed by atoms with Crippen molar-refractivity contribution in [3.05, 3.63) is 53.8 Å². The predicted octanol–water partition coefficient (Wildman–Crippen LogP) is 5.47. The molecule has 0 unspecified atom stereocenters. The Hall–Kier alpha value is -4.35. The summed E-state index contributed by atoms with van der Waals surface area (Å²) in [5, 5.41) is 35.0. The fourth-order valence-corrected chi connectivity index (χ4v) is 5.67. The smallest absolute Gasteiger partial charge is 0.490 e. The molecule has 248 valence electrons. The molecule has 1 aromatic heterocycles. The Balaban J connectivity index is 0.000000617. The first kappa shape index (κ1) is 34.5. The van der Waals surface area contributed by atoms with Crippen LogP contribution in [0.2, 0.25) is 0 Å². The highest BCUT2D eigenvalue weighted by atomic mass is 19.4. The number of methoxy groups -OCH3 is 1. The molecule has 0 amide bonds. The van der Waals surface area contributed by atoms with Crippen molar-refractivity contribution in [3.63, 3.8) is 0 Å². The van der Waals surface area contributed by atoms with Crippen molar-refractivity contribution in [2.45, 2.75) is 63.3 Å². The van der Waals surface area contributed by atoms with Crippen LogP contribution >= 0.6 is 0 Å². The number of aromatic nitrogens is 2. The molecule has 2 aromatic carbocycles. The Morgan fingerprint density at radius 3 is 2.48 bits per heavy atom. The number of nitrogens with two attached hydrogens (primary N) is 1. The zero-order valence-corrected chi connectivity index (χ0v) is 25.6. The minimum absolute atomic E-state index is 0.000700. The molecular weight excluding hydrogens is 608 g/mol. The summed E-state index contributed by atoms with van der Waals surface area (Å²) < 4.78 is 53.9. The average molecular weight is 647 g/mol. The second kappa shape index (κ2) is 14.4. The molecule has 5 rings (SSSR count). The summed E-state index contributed by atoms with van der Waals surface area (Å²) in [5.41, 5.74) is 8.57. The molecule has 1 saturated heterocycles. The number of anilines is 2. The van der Waals surface area contributed by atoms with E-state index in [2.05, 4.69) is 10.2 Å². The van der Waals surface area contributed by atoms with Gasteiger partial charge >= 0.3 is 12.1 Å². The van der Waals surface area contributed by atoms with Crippen molar-refractivity contribution in [1.82, 2.24) is 9.78 Å². The number of aliphatic carboxylic acids is 1. The lowest BCUT2D eigenvalue weighted by atomic mass is 9.86. The fraction of sp³-hybridized carbons (Fsp3) is 0.469. The number of ether oxygens (including phenoxy) is 1. The summed E-state index contributed by atoms with van der Waals surface area (Å²) in [6.07, 6.45) is 0.651. The number of halogens is 4. The normalized spacial score (nSPS) is 19.4. The second-order valence-electron chi connectivity index (χ2n) is 11.9. The molecule has 1 aliphatic carbocycles. The van der Waals surface area contributed by atoms with Crippen LogP contribution in [0, 0.1) is 23.1 Å². The number of aliphatic hydroxyl groups is 1. The monoisotopic (exact) mass is 646 g/mol. The first-order valence-electron chi connectivity index (χ1n) is 15.0. The van der Waals surface area contributed by atoms with E-state index in [0.717, 1.165) is 56.7 Å². The molecule has 1 saturated carbocycles. The van der Waals surface area contributed by atoms with Crippen LogP contribution in [0.3, 0.4) is 0 Å². The van der Waals surface area contributed by atoms with E-state index >= 15 is 0 Å². The molecule has 2 aliphatic rings. The third kappa shape index (κ3) is 8.67. The summed E-state index contributed by atoms with van der Waals surface area (Å²) in [4.78, 5) is 11.1. The van der Waals surface area contributed by atoms with Gasteiger partial charge in [-0.15, -0.1) is 5.10 Å². The van der Waals surface area contributed by atoms with Gasteiger partial charge in [0.15, 0.2) is 0 Å². The highest BCUT2D eigenvalue weighted by Crippen LogP contribution is 2.35. The van der Waals surface area contributed by atoms with Gasteiger partial charge in [0.2, 0.25) is 0 Å². The van der Waals surface area contributed by atoms with E-state index in [0.29, 0.717) is 41.6 Å². The molecule has 5 N–H and O–H groups in total. The summed E-state index contributed by atoms with van der Waals surface area (Å²) in [6.45, 7) is 4.16. The zero-order chi connectivity index (χ0) is 33.6. The van der Waals surface area contributed by atoms with Crippen LogP contribution in [0.4, 0.5) is 29.1 Å². The van der Waals surface area contributed by atoms with Gasteiger partial charge in [-0.2, -0.15) is 18.4 Å². The largest absolute Gasteiger partial charge is 0.494 e. The summed E-state index contributed by atoms with van der Waals surface area (Å²) in [6, 6.07) is 14.6. The highest BCUT2D eigenvalue weighted by Gasteiger charge is 2.38. The van der Waals surface area contributed by atoms with Crippen LogP contribution < -0.4 is 20.7 Å². The van der Waals surface area contributed by atoms with Crippen LogP contribution in [0.5, 0.6) is 5.75 Å². The van der Waals surface area contributed by atoms with E-state index in [-0.39, 0.29) is 11.6 Å².